The fourth-order valence-electron chi connectivity index (χ4n) is 2.41. The summed E-state index contributed by atoms with van der Waals surface area (Å²) < 4.78 is 0. The van der Waals surface area contributed by atoms with Gasteiger partial charge in [0.15, 0.2) is 0 Å². The third-order valence-electron chi connectivity index (χ3n) is 4.32. The molecule has 0 aromatic rings. The number of hydrogen-bond donors (Lipinski definition) is 3. The predicted octanol–water partition coefficient (Wildman–Crippen LogP) is 2.75. The van der Waals surface area contributed by atoms with Gasteiger partial charge < -0.3 is 15.5 Å². The SMILES string of the molecule is CC[Si](CC)(CC)CCNCCSC(CC(=O)O)C(=O)O. The van der Waals surface area contributed by atoms with E-state index < -0.39 is 25.3 Å². The maximum absolute atomic E-state index is 10.9. The van der Waals surface area contributed by atoms with Crippen molar-refractivity contribution in [3.05, 3.63) is 0 Å². The van der Waals surface area contributed by atoms with Crippen LogP contribution in [0.5, 0.6) is 0 Å². The Bertz CT molecular complexity index is 316. The molecule has 7 heteroatoms. The van der Waals surface area contributed by atoms with Gasteiger partial charge in [0.25, 0.3) is 0 Å². The van der Waals surface area contributed by atoms with E-state index in [0.717, 1.165) is 13.1 Å². The largest absolute Gasteiger partial charge is 0.481 e. The quantitative estimate of drug-likeness (QED) is 0.354. The lowest BCUT2D eigenvalue weighted by Crippen LogP contribution is -2.35. The van der Waals surface area contributed by atoms with Gasteiger partial charge in [-0.1, -0.05) is 38.9 Å². The number of carbonyl (C=O) groups is 2. The predicted molar refractivity (Wildman–Crippen MR) is 91.0 cm³/mol. The van der Waals surface area contributed by atoms with Crippen LogP contribution in [0.15, 0.2) is 0 Å². The Hall–Kier alpha value is -0.533. The number of carboxylic acid groups (broad SMARTS) is 2. The van der Waals surface area contributed by atoms with Gasteiger partial charge in [0.05, 0.1) is 14.5 Å². The Morgan fingerprint density at radius 3 is 2.10 bits per heavy atom. The first-order valence-corrected chi connectivity index (χ1v) is 11.6. The molecular weight excluding hydrogens is 306 g/mol. The van der Waals surface area contributed by atoms with Gasteiger partial charge in [0, 0.05) is 12.3 Å². The van der Waals surface area contributed by atoms with Gasteiger partial charge in [0.1, 0.15) is 5.25 Å². The van der Waals surface area contributed by atoms with Crippen molar-refractivity contribution in [3.63, 3.8) is 0 Å². The summed E-state index contributed by atoms with van der Waals surface area (Å²) in [6.07, 6.45) is -0.322. The minimum atomic E-state index is -1.08. The van der Waals surface area contributed by atoms with Crippen LogP contribution in [0.25, 0.3) is 0 Å². The molecule has 124 valence electrons. The first-order chi connectivity index (χ1) is 9.90. The molecule has 0 aromatic heterocycles. The van der Waals surface area contributed by atoms with Gasteiger partial charge in [-0.3, -0.25) is 9.59 Å². The van der Waals surface area contributed by atoms with Crippen molar-refractivity contribution in [1.29, 1.82) is 0 Å². The topological polar surface area (TPSA) is 86.6 Å². The maximum Gasteiger partial charge on any atom is 0.317 e. The molecule has 0 bridgehead atoms. The third-order valence-corrected chi connectivity index (χ3v) is 11.3. The van der Waals surface area contributed by atoms with Gasteiger partial charge in [-0.05, 0) is 12.6 Å². The molecule has 1 unspecified atom stereocenters. The number of nitrogens with one attached hydrogen (secondary N) is 1. The van der Waals surface area contributed by atoms with Crippen molar-refractivity contribution in [1.82, 2.24) is 5.32 Å². The van der Waals surface area contributed by atoms with Crippen LogP contribution in [0, 0.1) is 0 Å². The van der Waals surface area contributed by atoms with Crippen LogP contribution in [-0.2, 0) is 9.59 Å². The Balaban J connectivity index is 3.89. The Kier molecular flexibility index (Phi) is 10.8. The zero-order valence-electron chi connectivity index (χ0n) is 13.4. The first-order valence-electron chi connectivity index (χ1n) is 7.67. The fourth-order valence-corrected chi connectivity index (χ4v) is 6.63. The van der Waals surface area contributed by atoms with Crippen molar-refractivity contribution in [2.45, 2.75) is 56.6 Å². The summed E-state index contributed by atoms with van der Waals surface area (Å²) in [5, 5.41) is 20.1. The minimum Gasteiger partial charge on any atom is -0.481 e. The number of carboxylic acids is 2. The monoisotopic (exact) mass is 335 g/mol. The van der Waals surface area contributed by atoms with E-state index in [1.807, 2.05) is 0 Å². The third kappa shape index (κ3) is 8.48. The highest BCUT2D eigenvalue weighted by Gasteiger charge is 2.25. The van der Waals surface area contributed by atoms with Gasteiger partial charge in [-0.15, -0.1) is 11.8 Å². The van der Waals surface area contributed by atoms with E-state index in [0.29, 0.717) is 5.75 Å². The van der Waals surface area contributed by atoms with Crippen LogP contribution in [0.2, 0.25) is 24.2 Å². The standard InChI is InChI=1S/C14H29NO4SSi/c1-4-21(5-2,6-3)10-8-15-7-9-20-12(14(18)19)11-13(16)17/h12,15H,4-11H2,1-3H3,(H,16,17)(H,18,19). The number of aliphatic carboxylic acids is 2. The highest BCUT2D eigenvalue weighted by atomic mass is 32.2. The van der Waals surface area contributed by atoms with Gasteiger partial charge in [0.2, 0.25) is 0 Å². The molecule has 21 heavy (non-hydrogen) atoms. The van der Waals surface area contributed by atoms with Crippen LogP contribution in [0.4, 0.5) is 0 Å². The second kappa shape index (κ2) is 11.1. The average molecular weight is 336 g/mol. The Labute approximate surface area is 132 Å². The molecule has 5 nitrogen and oxygen atoms in total. The molecule has 1 atom stereocenters. The number of hydrogen-bond acceptors (Lipinski definition) is 4. The van der Waals surface area contributed by atoms with Crippen LogP contribution in [0.3, 0.4) is 0 Å². The molecule has 0 spiro atoms. The normalized spacial score (nSPS) is 13.1. The van der Waals surface area contributed by atoms with E-state index in [-0.39, 0.29) is 6.42 Å². The second-order valence-corrected chi connectivity index (χ2v) is 12.3. The summed E-state index contributed by atoms with van der Waals surface area (Å²) in [6.45, 7) is 8.59. The molecule has 0 amide bonds. The lowest BCUT2D eigenvalue weighted by atomic mass is 10.3. The van der Waals surface area contributed by atoms with Crippen molar-refractivity contribution in [3.8, 4) is 0 Å². The average Bonchev–Trinajstić information content (AvgIpc) is 2.45. The number of rotatable bonds is 13. The lowest BCUT2D eigenvalue weighted by Gasteiger charge is -2.28. The summed E-state index contributed by atoms with van der Waals surface area (Å²) in [7, 11) is -1.08. The molecule has 3 N–H and O–H groups in total. The van der Waals surface area contributed by atoms with Gasteiger partial charge in [-0.2, -0.15) is 0 Å². The molecule has 0 aromatic carbocycles. The molecule has 0 radical (unpaired) electrons. The molecule has 0 heterocycles. The van der Waals surface area contributed by atoms with Crippen LogP contribution >= 0.6 is 11.8 Å². The van der Waals surface area contributed by atoms with E-state index in [2.05, 4.69) is 26.1 Å². The Morgan fingerprint density at radius 1 is 1.10 bits per heavy atom. The summed E-state index contributed by atoms with van der Waals surface area (Å²) in [5.41, 5.74) is 0. The zero-order chi connectivity index (χ0) is 16.3. The molecule has 0 saturated carbocycles. The smallest absolute Gasteiger partial charge is 0.317 e. The van der Waals surface area contributed by atoms with Crippen molar-refractivity contribution in [2.75, 3.05) is 18.8 Å². The second-order valence-electron chi connectivity index (χ2n) is 5.36. The summed E-state index contributed by atoms with van der Waals surface area (Å²) in [6, 6.07) is 5.21. The Morgan fingerprint density at radius 2 is 1.67 bits per heavy atom. The molecule has 0 fully saturated rings. The van der Waals surface area contributed by atoms with Crippen LogP contribution < -0.4 is 5.32 Å². The van der Waals surface area contributed by atoms with Crippen LogP contribution in [-0.4, -0.2) is 54.3 Å². The van der Waals surface area contributed by atoms with E-state index >= 15 is 0 Å². The molecule has 0 rings (SSSR count). The summed E-state index contributed by atoms with van der Waals surface area (Å²) in [5.74, 6) is -1.48. The molecule has 0 saturated heterocycles. The highest BCUT2D eigenvalue weighted by Crippen LogP contribution is 2.24. The lowest BCUT2D eigenvalue weighted by molar-refractivity contribution is -0.142. The van der Waals surface area contributed by atoms with Gasteiger partial charge in [-0.25, -0.2) is 0 Å². The van der Waals surface area contributed by atoms with E-state index in [9.17, 15) is 9.59 Å². The maximum atomic E-state index is 10.9. The van der Waals surface area contributed by atoms with E-state index in [4.69, 9.17) is 10.2 Å². The number of thioether (sulfide) groups is 1. The van der Waals surface area contributed by atoms with Crippen molar-refractivity contribution < 1.29 is 19.8 Å². The molecule has 0 aliphatic rings. The molecular formula is C14H29NO4SSi. The fraction of sp³-hybridized carbons (Fsp3) is 0.857. The zero-order valence-corrected chi connectivity index (χ0v) is 15.2. The van der Waals surface area contributed by atoms with E-state index in [1.165, 1.54) is 35.9 Å². The minimum absolute atomic E-state index is 0.322. The van der Waals surface area contributed by atoms with Crippen molar-refractivity contribution in [2.24, 2.45) is 0 Å². The highest BCUT2D eigenvalue weighted by molar-refractivity contribution is 8.00. The first kappa shape index (κ1) is 20.5. The van der Waals surface area contributed by atoms with Gasteiger partial charge >= 0.3 is 11.9 Å². The van der Waals surface area contributed by atoms with E-state index in [1.54, 1.807) is 0 Å². The van der Waals surface area contributed by atoms with Crippen LogP contribution in [0.1, 0.15) is 27.2 Å². The summed E-state index contributed by atoms with van der Waals surface area (Å²) >= 11 is 1.20. The van der Waals surface area contributed by atoms with Crippen molar-refractivity contribution >= 4 is 31.8 Å². The molecule has 0 aliphatic carbocycles. The molecule has 0 aliphatic heterocycles. The summed E-state index contributed by atoms with van der Waals surface area (Å²) in [4.78, 5) is 21.5.